The van der Waals surface area contributed by atoms with Gasteiger partial charge in [0.15, 0.2) is 5.78 Å². The van der Waals surface area contributed by atoms with Crippen LogP contribution >= 0.6 is 0 Å². The molecule has 3 aromatic carbocycles. The van der Waals surface area contributed by atoms with Gasteiger partial charge in [0.2, 0.25) is 0 Å². The SMILES string of the molecule is COc1cccc(C(=O)CCCCN2CCOCC2)c1NC(=O)c1ccc2ccccc2c1. The number of nitrogens with one attached hydrogen (secondary N) is 1. The molecule has 0 saturated carbocycles. The number of morpholine rings is 1. The quantitative estimate of drug-likeness (QED) is 0.378. The second-order valence-electron chi connectivity index (χ2n) is 8.23. The lowest BCUT2D eigenvalue weighted by Gasteiger charge is -2.26. The molecule has 0 atom stereocenters. The number of hydrogen-bond acceptors (Lipinski definition) is 5. The minimum Gasteiger partial charge on any atom is -0.495 e. The van der Waals surface area contributed by atoms with Crippen LogP contribution in [0.25, 0.3) is 10.8 Å². The summed E-state index contributed by atoms with van der Waals surface area (Å²) in [7, 11) is 1.54. The van der Waals surface area contributed by atoms with Gasteiger partial charge in [-0.3, -0.25) is 14.5 Å². The number of hydrogen-bond donors (Lipinski definition) is 1. The van der Waals surface area contributed by atoms with Gasteiger partial charge >= 0.3 is 0 Å². The first kappa shape index (κ1) is 23.0. The second kappa shape index (κ2) is 11.1. The molecule has 0 radical (unpaired) electrons. The van der Waals surface area contributed by atoms with Crippen molar-refractivity contribution in [1.29, 1.82) is 0 Å². The zero-order chi connectivity index (χ0) is 23.0. The van der Waals surface area contributed by atoms with Gasteiger partial charge < -0.3 is 14.8 Å². The predicted molar refractivity (Wildman–Crippen MR) is 130 cm³/mol. The van der Waals surface area contributed by atoms with Gasteiger partial charge in [0.25, 0.3) is 5.91 Å². The molecule has 0 aliphatic carbocycles. The van der Waals surface area contributed by atoms with Gasteiger partial charge in [-0.1, -0.05) is 36.4 Å². The molecule has 0 unspecified atom stereocenters. The zero-order valence-electron chi connectivity index (χ0n) is 19.0. The number of unbranched alkanes of at least 4 members (excludes halogenated alkanes) is 1. The van der Waals surface area contributed by atoms with Crippen molar-refractivity contribution in [3.8, 4) is 5.75 Å². The van der Waals surface area contributed by atoms with Gasteiger partial charge in [-0.05, 0) is 54.4 Å². The number of rotatable bonds is 9. The van der Waals surface area contributed by atoms with Gasteiger partial charge in [0.05, 0.1) is 26.0 Å². The van der Waals surface area contributed by atoms with E-state index in [4.69, 9.17) is 9.47 Å². The smallest absolute Gasteiger partial charge is 0.255 e. The van der Waals surface area contributed by atoms with E-state index in [2.05, 4.69) is 10.2 Å². The number of carbonyl (C=O) groups excluding carboxylic acids is 2. The van der Waals surface area contributed by atoms with E-state index in [0.29, 0.717) is 29.0 Å². The molecule has 1 aliphatic rings. The van der Waals surface area contributed by atoms with Gasteiger partial charge in [-0.15, -0.1) is 0 Å². The normalized spacial score (nSPS) is 14.2. The summed E-state index contributed by atoms with van der Waals surface area (Å²) in [5.74, 6) is 0.208. The van der Waals surface area contributed by atoms with Crippen molar-refractivity contribution in [2.45, 2.75) is 19.3 Å². The fraction of sp³-hybridized carbons (Fsp3) is 0.333. The molecule has 1 saturated heterocycles. The monoisotopic (exact) mass is 446 g/mol. The van der Waals surface area contributed by atoms with Crippen LogP contribution in [-0.2, 0) is 4.74 Å². The number of ether oxygens (including phenoxy) is 2. The zero-order valence-corrected chi connectivity index (χ0v) is 19.0. The molecule has 1 N–H and O–H groups in total. The van der Waals surface area contributed by atoms with Crippen LogP contribution in [-0.4, -0.2) is 56.5 Å². The highest BCUT2D eigenvalue weighted by atomic mass is 16.5. The number of amides is 1. The average molecular weight is 447 g/mol. The van der Waals surface area contributed by atoms with Crippen molar-refractivity contribution >= 4 is 28.2 Å². The number of fused-ring (bicyclic) bond motifs is 1. The summed E-state index contributed by atoms with van der Waals surface area (Å²) < 4.78 is 10.8. The molecule has 6 nitrogen and oxygen atoms in total. The third kappa shape index (κ3) is 5.78. The van der Waals surface area contributed by atoms with Crippen LogP contribution in [0.5, 0.6) is 5.75 Å². The fourth-order valence-electron chi connectivity index (χ4n) is 4.16. The Hall–Kier alpha value is -3.22. The van der Waals surface area contributed by atoms with Crippen LogP contribution in [0.1, 0.15) is 40.0 Å². The maximum atomic E-state index is 13.0. The third-order valence-electron chi connectivity index (χ3n) is 6.03. The number of carbonyl (C=O) groups is 2. The highest BCUT2D eigenvalue weighted by Crippen LogP contribution is 2.30. The number of nitrogens with zero attached hydrogens (tertiary/aromatic N) is 1. The molecular weight excluding hydrogens is 416 g/mol. The molecule has 33 heavy (non-hydrogen) atoms. The van der Waals surface area contributed by atoms with E-state index in [1.54, 1.807) is 24.3 Å². The summed E-state index contributed by atoms with van der Waals surface area (Å²) in [6.45, 7) is 4.44. The molecule has 3 aromatic rings. The van der Waals surface area contributed by atoms with E-state index in [9.17, 15) is 9.59 Å². The van der Waals surface area contributed by atoms with Gasteiger partial charge in [0.1, 0.15) is 5.75 Å². The molecule has 1 fully saturated rings. The topological polar surface area (TPSA) is 67.9 Å². The maximum Gasteiger partial charge on any atom is 0.255 e. The first-order valence-corrected chi connectivity index (χ1v) is 11.5. The Kier molecular flexibility index (Phi) is 7.70. The van der Waals surface area contributed by atoms with Crippen molar-refractivity contribution < 1.29 is 19.1 Å². The Morgan fingerprint density at radius 3 is 2.55 bits per heavy atom. The third-order valence-corrected chi connectivity index (χ3v) is 6.03. The molecule has 4 rings (SSSR count). The van der Waals surface area contributed by atoms with E-state index < -0.39 is 0 Å². The molecule has 0 bridgehead atoms. The summed E-state index contributed by atoms with van der Waals surface area (Å²) in [6.07, 6.45) is 2.18. The molecule has 6 heteroatoms. The summed E-state index contributed by atoms with van der Waals surface area (Å²) in [4.78, 5) is 28.4. The minimum absolute atomic E-state index is 0.00434. The lowest BCUT2D eigenvalue weighted by Crippen LogP contribution is -2.36. The highest BCUT2D eigenvalue weighted by Gasteiger charge is 2.19. The Morgan fingerprint density at radius 2 is 1.76 bits per heavy atom. The largest absolute Gasteiger partial charge is 0.495 e. The molecule has 1 heterocycles. The molecule has 0 aromatic heterocycles. The Labute approximate surface area is 194 Å². The number of methoxy groups -OCH3 is 1. The maximum absolute atomic E-state index is 13.0. The molecule has 1 aliphatic heterocycles. The Balaban J connectivity index is 1.44. The van der Waals surface area contributed by atoms with E-state index in [1.807, 2.05) is 36.4 Å². The summed E-state index contributed by atoms with van der Waals surface area (Å²) in [5.41, 5.74) is 1.44. The number of benzene rings is 3. The lowest BCUT2D eigenvalue weighted by molar-refractivity contribution is 0.0371. The summed E-state index contributed by atoms with van der Waals surface area (Å²) in [6, 6.07) is 18.8. The first-order valence-electron chi connectivity index (χ1n) is 11.5. The van der Waals surface area contributed by atoms with Crippen LogP contribution < -0.4 is 10.1 Å². The Bertz CT molecular complexity index is 1120. The molecular formula is C27H30N2O4. The van der Waals surface area contributed by atoms with Gasteiger partial charge in [0, 0.05) is 30.6 Å². The van der Waals surface area contributed by atoms with Crippen LogP contribution in [0.4, 0.5) is 5.69 Å². The number of Topliss-reactive ketones (excluding diaryl/α,β-unsaturated/α-hetero) is 1. The highest BCUT2D eigenvalue weighted by molar-refractivity contribution is 6.11. The van der Waals surface area contributed by atoms with Gasteiger partial charge in [-0.25, -0.2) is 0 Å². The average Bonchev–Trinajstić information content (AvgIpc) is 2.87. The minimum atomic E-state index is -0.272. The van der Waals surface area contributed by atoms with Crippen molar-refractivity contribution in [3.63, 3.8) is 0 Å². The number of para-hydroxylation sites is 1. The molecule has 172 valence electrons. The van der Waals surface area contributed by atoms with Crippen molar-refractivity contribution in [2.75, 3.05) is 45.3 Å². The van der Waals surface area contributed by atoms with E-state index >= 15 is 0 Å². The van der Waals surface area contributed by atoms with Crippen molar-refractivity contribution in [3.05, 3.63) is 71.8 Å². The van der Waals surface area contributed by atoms with Crippen LogP contribution in [0, 0.1) is 0 Å². The first-order chi connectivity index (χ1) is 16.2. The fourth-order valence-corrected chi connectivity index (χ4v) is 4.16. The predicted octanol–water partition coefficient (Wildman–Crippen LogP) is 4.79. The van der Waals surface area contributed by atoms with Crippen LogP contribution in [0.2, 0.25) is 0 Å². The van der Waals surface area contributed by atoms with Crippen LogP contribution in [0.15, 0.2) is 60.7 Å². The number of anilines is 1. The van der Waals surface area contributed by atoms with Crippen molar-refractivity contribution in [1.82, 2.24) is 4.90 Å². The second-order valence-corrected chi connectivity index (χ2v) is 8.23. The van der Waals surface area contributed by atoms with Crippen molar-refractivity contribution in [2.24, 2.45) is 0 Å². The van der Waals surface area contributed by atoms with E-state index in [1.165, 1.54) is 7.11 Å². The van der Waals surface area contributed by atoms with Crippen LogP contribution in [0.3, 0.4) is 0 Å². The van der Waals surface area contributed by atoms with Gasteiger partial charge in [-0.2, -0.15) is 0 Å². The standard InChI is InChI=1S/C27H30N2O4/c1-32-25-11-6-9-23(24(30)10-4-5-14-29-15-17-33-18-16-29)26(25)28-27(31)22-13-12-20-7-2-3-8-21(20)19-22/h2-3,6-9,11-13,19H,4-5,10,14-18H2,1H3,(H,28,31). The molecule has 1 amide bonds. The lowest BCUT2D eigenvalue weighted by atomic mass is 10.0. The molecule has 0 spiro atoms. The summed E-state index contributed by atoms with van der Waals surface area (Å²) in [5, 5.41) is 4.98. The number of ketones is 1. The van der Waals surface area contributed by atoms with E-state index in [-0.39, 0.29) is 11.7 Å². The van der Waals surface area contributed by atoms with E-state index in [0.717, 1.165) is 56.5 Å². The summed E-state index contributed by atoms with van der Waals surface area (Å²) >= 11 is 0. The Morgan fingerprint density at radius 1 is 0.970 bits per heavy atom.